The van der Waals surface area contributed by atoms with Crippen molar-refractivity contribution in [3.8, 4) is 5.75 Å². The molecule has 2 N–H and O–H groups in total. The van der Waals surface area contributed by atoms with Crippen LogP contribution in [0.4, 0.5) is 11.4 Å². The van der Waals surface area contributed by atoms with Gasteiger partial charge in [-0.1, -0.05) is 54.1 Å². The molecule has 1 heterocycles. The van der Waals surface area contributed by atoms with Crippen molar-refractivity contribution in [2.75, 3.05) is 10.6 Å². The molecule has 1 aliphatic carbocycles. The van der Waals surface area contributed by atoms with Crippen molar-refractivity contribution in [1.82, 2.24) is 0 Å². The zero-order chi connectivity index (χ0) is 22.9. The topological polar surface area (TPSA) is 50.4 Å². The zero-order valence-electron chi connectivity index (χ0n) is 18.8. The first-order valence-electron chi connectivity index (χ1n) is 11.4. The Hall–Kier alpha value is -3.24. The molecule has 0 saturated carbocycles. The van der Waals surface area contributed by atoms with E-state index >= 15 is 0 Å². The maximum atomic E-state index is 13.7. The lowest BCUT2D eigenvalue weighted by Crippen LogP contribution is -2.27. The fourth-order valence-corrected chi connectivity index (χ4v) is 4.90. The van der Waals surface area contributed by atoms with Crippen LogP contribution in [0.2, 0.25) is 5.02 Å². The van der Waals surface area contributed by atoms with Crippen LogP contribution in [0.5, 0.6) is 5.75 Å². The van der Waals surface area contributed by atoms with Crippen molar-refractivity contribution in [3.63, 3.8) is 0 Å². The number of hydrogen-bond donors (Lipinski definition) is 2. The van der Waals surface area contributed by atoms with E-state index in [2.05, 4.69) is 10.6 Å². The van der Waals surface area contributed by atoms with Gasteiger partial charge in [0, 0.05) is 28.3 Å². The van der Waals surface area contributed by atoms with E-state index in [0.29, 0.717) is 11.4 Å². The highest BCUT2D eigenvalue weighted by atomic mass is 35.5. The van der Waals surface area contributed by atoms with Gasteiger partial charge < -0.3 is 15.4 Å². The third kappa shape index (κ3) is 4.36. The molecule has 33 heavy (non-hydrogen) atoms. The van der Waals surface area contributed by atoms with Crippen molar-refractivity contribution < 1.29 is 9.53 Å². The summed E-state index contributed by atoms with van der Waals surface area (Å²) in [5.74, 6) is 1.05. The normalized spacial score (nSPS) is 19.8. The molecular formula is C28H27ClN2O2. The predicted molar refractivity (Wildman–Crippen MR) is 134 cm³/mol. The van der Waals surface area contributed by atoms with Crippen LogP contribution < -0.4 is 15.4 Å². The SMILES string of the molecule is CC(C)Oc1ccccc1C1Nc2ccccc2NC2=C1C(=O)CC(c1ccc(Cl)cc1)C2. The van der Waals surface area contributed by atoms with E-state index in [0.717, 1.165) is 45.9 Å². The lowest BCUT2D eigenvalue weighted by atomic mass is 9.78. The molecule has 0 amide bonds. The molecule has 0 aromatic heterocycles. The molecule has 0 fully saturated rings. The molecule has 168 valence electrons. The molecule has 5 heteroatoms. The Kier molecular flexibility index (Phi) is 5.86. The smallest absolute Gasteiger partial charge is 0.163 e. The summed E-state index contributed by atoms with van der Waals surface area (Å²) in [6, 6.07) is 23.6. The number of carbonyl (C=O) groups is 1. The van der Waals surface area contributed by atoms with Gasteiger partial charge in [0.25, 0.3) is 0 Å². The number of allylic oxidation sites excluding steroid dienone is 1. The minimum Gasteiger partial charge on any atom is -0.491 e. The van der Waals surface area contributed by atoms with E-state index in [1.807, 2.05) is 86.6 Å². The van der Waals surface area contributed by atoms with Crippen LogP contribution in [0.25, 0.3) is 0 Å². The minimum atomic E-state index is -0.301. The Bertz CT molecular complexity index is 1220. The van der Waals surface area contributed by atoms with Gasteiger partial charge in [-0.05, 0) is 62.1 Å². The fraction of sp³-hybridized carbons (Fsp3) is 0.250. The van der Waals surface area contributed by atoms with Crippen LogP contribution in [0.15, 0.2) is 84.1 Å². The van der Waals surface area contributed by atoms with E-state index in [4.69, 9.17) is 16.3 Å². The Morgan fingerprint density at radius 3 is 2.36 bits per heavy atom. The Morgan fingerprint density at radius 2 is 1.61 bits per heavy atom. The highest BCUT2D eigenvalue weighted by Gasteiger charge is 2.37. The molecule has 2 atom stereocenters. The van der Waals surface area contributed by atoms with E-state index in [1.54, 1.807) is 0 Å². The Labute approximate surface area is 199 Å². The van der Waals surface area contributed by atoms with Gasteiger partial charge in [-0.15, -0.1) is 0 Å². The summed E-state index contributed by atoms with van der Waals surface area (Å²) < 4.78 is 6.14. The zero-order valence-corrected chi connectivity index (χ0v) is 19.5. The van der Waals surface area contributed by atoms with Crippen LogP contribution in [-0.2, 0) is 4.79 Å². The van der Waals surface area contributed by atoms with E-state index in [-0.39, 0.29) is 23.8 Å². The lowest BCUT2D eigenvalue weighted by molar-refractivity contribution is -0.116. The number of ketones is 1. The molecule has 0 radical (unpaired) electrons. The van der Waals surface area contributed by atoms with Gasteiger partial charge in [0.15, 0.2) is 5.78 Å². The van der Waals surface area contributed by atoms with Gasteiger partial charge in [-0.2, -0.15) is 0 Å². The number of para-hydroxylation sites is 3. The molecule has 0 saturated heterocycles. The highest BCUT2D eigenvalue weighted by molar-refractivity contribution is 6.30. The second-order valence-electron chi connectivity index (χ2n) is 8.92. The van der Waals surface area contributed by atoms with Crippen LogP contribution in [0.3, 0.4) is 0 Å². The molecule has 2 unspecified atom stereocenters. The minimum absolute atomic E-state index is 0.0344. The van der Waals surface area contributed by atoms with Crippen LogP contribution >= 0.6 is 11.6 Å². The van der Waals surface area contributed by atoms with Crippen molar-refractivity contribution in [2.45, 2.75) is 44.8 Å². The van der Waals surface area contributed by atoms with Crippen LogP contribution in [-0.4, -0.2) is 11.9 Å². The maximum Gasteiger partial charge on any atom is 0.163 e. The van der Waals surface area contributed by atoms with Gasteiger partial charge >= 0.3 is 0 Å². The first-order chi connectivity index (χ1) is 16.0. The summed E-state index contributed by atoms with van der Waals surface area (Å²) in [5.41, 5.74) is 5.79. The molecule has 2 aliphatic rings. The highest BCUT2D eigenvalue weighted by Crippen LogP contribution is 2.45. The third-order valence-electron chi connectivity index (χ3n) is 6.24. The van der Waals surface area contributed by atoms with E-state index in [1.165, 1.54) is 0 Å². The maximum absolute atomic E-state index is 13.7. The number of hydrogen-bond acceptors (Lipinski definition) is 4. The summed E-state index contributed by atoms with van der Waals surface area (Å²) >= 11 is 6.10. The lowest BCUT2D eigenvalue weighted by Gasteiger charge is -2.30. The monoisotopic (exact) mass is 458 g/mol. The quantitative estimate of drug-likeness (QED) is 0.437. The van der Waals surface area contributed by atoms with Crippen LogP contribution in [0.1, 0.15) is 49.8 Å². The molecular weight excluding hydrogens is 432 g/mol. The molecule has 5 rings (SSSR count). The number of carbonyl (C=O) groups excluding carboxylic acids is 1. The second-order valence-corrected chi connectivity index (χ2v) is 9.36. The molecule has 0 bridgehead atoms. The number of rotatable bonds is 4. The average molecular weight is 459 g/mol. The van der Waals surface area contributed by atoms with Crippen molar-refractivity contribution in [2.24, 2.45) is 0 Å². The van der Waals surface area contributed by atoms with Gasteiger partial charge in [-0.25, -0.2) is 0 Å². The molecule has 4 nitrogen and oxygen atoms in total. The number of fused-ring (bicyclic) bond motifs is 1. The third-order valence-corrected chi connectivity index (χ3v) is 6.50. The van der Waals surface area contributed by atoms with Crippen LogP contribution in [0, 0.1) is 0 Å². The van der Waals surface area contributed by atoms with E-state index in [9.17, 15) is 4.79 Å². The Balaban J connectivity index is 1.61. The molecule has 3 aromatic carbocycles. The number of ether oxygens (including phenoxy) is 1. The number of anilines is 2. The van der Waals surface area contributed by atoms with Crippen molar-refractivity contribution in [1.29, 1.82) is 0 Å². The largest absolute Gasteiger partial charge is 0.491 e. The number of Topliss-reactive ketones (excluding diaryl/α,β-unsaturated/α-hetero) is 1. The van der Waals surface area contributed by atoms with Gasteiger partial charge in [0.05, 0.1) is 23.5 Å². The second kappa shape index (κ2) is 8.95. The number of halogens is 1. The molecule has 1 aliphatic heterocycles. The van der Waals surface area contributed by atoms with Crippen molar-refractivity contribution >= 4 is 28.8 Å². The fourth-order valence-electron chi connectivity index (χ4n) is 4.78. The summed E-state index contributed by atoms with van der Waals surface area (Å²) in [6.45, 7) is 4.03. The van der Waals surface area contributed by atoms with E-state index < -0.39 is 0 Å². The summed E-state index contributed by atoms with van der Waals surface area (Å²) in [5, 5.41) is 7.94. The predicted octanol–water partition coefficient (Wildman–Crippen LogP) is 7.11. The standard InChI is InChI=1S/C28H27ClN2O2/c1-17(2)33-26-10-6-3-7-21(26)28-27-24(30-22-8-4-5-9-23(22)31-28)15-19(16-25(27)32)18-11-13-20(29)14-12-18/h3-14,17,19,28,30-31H,15-16H2,1-2H3. The first-order valence-corrected chi connectivity index (χ1v) is 11.8. The Morgan fingerprint density at radius 1 is 0.909 bits per heavy atom. The van der Waals surface area contributed by atoms with Gasteiger partial charge in [-0.3, -0.25) is 4.79 Å². The average Bonchev–Trinajstić information content (AvgIpc) is 2.96. The summed E-state index contributed by atoms with van der Waals surface area (Å²) in [4.78, 5) is 13.7. The summed E-state index contributed by atoms with van der Waals surface area (Å²) in [7, 11) is 0. The number of benzene rings is 3. The molecule has 3 aromatic rings. The van der Waals surface area contributed by atoms with Gasteiger partial charge in [0.1, 0.15) is 5.75 Å². The molecule has 0 spiro atoms. The summed E-state index contributed by atoms with van der Waals surface area (Å²) in [6.07, 6.45) is 1.25. The number of nitrogens with one attached hydrogen (secondary N) is 2. The first kappa shape index (κ1) is 21.6. The van der Waals surface area contributed by atoms with Crippen molar-refractivity contribution in [3.05, 3.63) is 100 Å². The van der Waals surface area contributed by atoms with Gasteiger partial charge in [0.2, 0.25) is 0 Å².